The minimum Gasteiger partial charge on any atom is -0.388 e. The smallest absolute Gasteiger partial charge is 0.328 e. The molecular formula is C16H20FN5O6. The quantitative estimate of drug-likeness (QED) is 0.450. The van der Waals surface area contributed by atoms with E-state index in [1.807, 2.05) is 0 Å². The fourth-order valence-electron chi connectivity index (χ4n) is 3.05. The molecule has 2 aromatic heterocycles. The second kappa shape index (κ2) is 7.66. The molecular weight excluding hydrogens is 377 g/mol. The van der Waals surface area contributed by atoms with Crippen LogP contribution in [0.25, 0.3) is 0 Å². The first-order valence-electron chi connectivity index (χ1n) is 8.45. The van der Waals surface area contributed by atoms with E-state index in [1.165, 1.54) is 10.9 Å². The molecule has 11 nitrogen and oxygen atoms in total. The third-order valence-corrected chi connectivity index (χ3v) is 4.55. The Morgan fingerprint density at radius 2 is 2.11 bits per heavy atom. The van der Waals surface area contributed by atoms with Gasteiger partial charge in [0.1, 0.15) is 18.3 Å². The van der Waals surface area contributed by atoms with Crippen molar-refractivity contribution in [2.75, 3.05) is 6.61 Å². The van der Waals surface area contributed by atoms with E-state index in [1.54, 1.807) is 19.0 Å². The highest BCUT2D eigenvalue weighted by Crippen LogP contribution is 2.18. The molecule has 4 N–H and O–H groups in total. The van der Waals surface area contributed by atoms with E-state index >= 15 is 0 Å². The molecule has 0 saturated carbocycles. The molecule has 0 bridgehead atoms. The fourth-order valence-corrected chi connectivity index (χ4v) is 3.05. The third kappa shape index (κ3) is 3.88. The fraction of sp³-hybridized carbons (Fsp3) is 0.500. The average molecular weight is 397 g/mol. The maximum absolute atomic E-state index is 13.4. The second-order valence-corrected chi connectivity index (χ2v) is 6.62. The lowest BCUT2D eigenvalue weighted by atomic mass is 9.97. The van der Waals surface area contributed by atoms with Crippen molar-refractivity contribution in [3.8, 4) is 0 Å². The molecule has 0 aromatic carbocycles. The van der Waals surface area contributed by atoms with Crippen LogP contribution in [0.15, 0.2) is 22.0 Å². The van der Waals surface area contributed by atoms with Crippen LogP contribution in [0.5, 0.6) is 0 Å². The number of ether oxygens (including phenoxy) is 1. The van der Waals surface area contributed by atoms with Crippen molar-refractivity contribution in [1.82, 2.24) is 24.6 Å². The van der Waals surface area contributed by atoms with E-state index in [0.717, 1.165) is 4.57 Å². The first-order valence-corrected chi connectivity index (χ1v) is 8.45. The lowest BCUT2D eigenvalue weighted by Gasteiger charge is -2.38. The van der Waals surface area contributed by atoms with Gasteiger partial charge < -0.3 is 20.3 Å². The molecule has 1 saturated heterocycles. The predicted molar refractivity (Wildman–Crippen MR) is 92.2 cm³/mol. The number of aromatic nitrogens is 4. The molecule has 12 heteroatoms. The molecule has 2 aromatic rings. The number of aliphatic hydroxyl groups excluding tert-OH is 2. The topological polar surface area (TPSA) is 151 Å². The molecule has 3 heterocycles. The molecule has 0 radical (unpaired) electrons. The van der Waals surface area contributed by atoms with Crippen LogP contribution in [0, 0.1) is 12.7 Å². The lowest BCUT2D eigenvalue weighted by molar-refractivity contribution is -0.152. The van der Waals surface area contributed by atoms with Gasteiger partial charge in [0.15, 0.2) is 0 Å². The van der Waals surface area contributed by atoms with Gasteiger partial charge in [0, 0.05) is 13.2 Å². The summed E-state index contributed by atoms with van der Waals surface area (Å²) >= 11 is 0. The zero-order valence-electron chi connectivity index (χ0n) is 15.1. The number of aliphatic hydroxyl groups is 2. The summed E-state index contributed by atoms with van der Waals surface area (Å²) in [6.45, 7) is 1.22. The van der Waals surface area contributed by atoms with Crippen molar-refractivity contribution < 1.29 is 24.1 Å². The van der Waals surface area contributed by atoms with Crippen molar-refractivity contribution in [3.63, 3.8) is 0 Å². The third-order valence-electron chi connectivity index (χ3n) is 4.55. The molecule has 1 amide bonds. The van der Waals surface area contributed by atoms with E-state index in [9.17, 15) is 29.0 Å². The van der Waals surface area contributed by atoms with E-state index in [0.29, 0.717) is 17.5 Å². The second-order valence-electron chi connectivity index (χ2n) is 6.62. The predicted octanol–water partition coefficient (Wildman–Crippen LogP) is -2.36. The van der Waals surface area contributed by atoms with Gasteiger partial charge >= 0.3 is 5.69 Å². The van der Waals surface area contributed by atoms with Gasteiger partial charge in [-0.15, -0.1) is 0 Å². The van der Waals surface area contributed by atoms with Crippen molar-refractivity contribution in [3.05, 3.63) is 50.3 Å². The Balaban J connectivity index is 1.68. The van der Waals surface area contributed by atoms with Gasteiger partial charge in [-0.2, -0.15) is 9.49 Å². The van der Waals surface area contributed by atoms with Crippen LogP contribution in [0.2, 0.25) is 0 Å². The summed E-state index contributed by atoms with van der Waals surface area (Å²) in [6, 6.07) is -0.901. The molecule has 28 heavy (non-hydrogen) atoms. The van der Waals surface area contributed by atoms with Crippen molar-refractivity contribution >= 4 is 5.91 Å². The molecule has 0 aliphatic carbocycles. The van der Waals surface area contributed by atoms with Gasteiger partial charge in [-0.3, -0.25) is 23.8 Å². The van der Waals surface area contributed by atoms with Gasteiger partial charge in [0.2, 0.25) is 5.82 Å². The highest BCUT2D eigenvalue weighted by Gasteiger charge is 2.39. The molecule has 0 unspecified atom stereocenters. The van der Waals surface area contributed by atoms with Crippen LogP contribution in [0.1, 0.15) is 16.1 Å². The Bertz CT molecular complexity index is 998. The minimum atomic E-state index is -1.46. The number of aromatic amines is 1. The number of hydrogen-bond acceptors (Lipinski definition) is 7. The van der Waals surface area contributed by atoms with Gasteiger partial charge in [-0.1, -0.05) is 0 Å². The Hall–Kier alpha value is -2.83. The van der Waals surface area contributed by atoms with Crippen LogP contribution in [0.4, 0.5) is 4.39 Å². The molecule has 1 fully saturated rings. The SMILES string of the molecule is Cc1nn(C)cc1C(=O)N[C@@H]1CO[C@H](Cn2cc(F)c(=O)[nH]c2=O)[C@@H](O)[C@H]1O. The molecule has 4 atom stereocenters. The maximum Gasteiger partial charge on any atom is 0.328 e. The van der Waals surface area contributed by atoms with E-state index < -0.39 is 47.3 Å². The first kappa shape index (κ1) is 19.9. The van der Waals surface area contributed by atoms with Crippen LogP contribution in [0.3, 0.4) is 0 Å². The Morgan fingerprint density at radius 3 is 2.75 bits per heavy atom. The van der Waals surface area contributed by atoms with Gasteiger partial charge in [-0.05, 0) is 6.92 Å². The largest absolute Gasteiger partial charge is 0.388 e. The van der Waals surface area contributed by atoms with Gasteiger partial charge in [0.05, 0.1) is 36.6 Å². The molecule has 1 aliphatic rings. The Labute approximate surface area is 157 Å². The van der Waals surface area contributed by atoms with Crippen molar-refractivity contribution in [2.24, 2.45) is 7.05 Å². The number of hydrogen-bond donors (Lipinski definition) is 4. The number of aryl methyl sites for hydroxylation is 2. The Kier molecular flexibility index (Phi) is 5.45. The number of nitrogens with one attached hydrogen (secondary N) is 2. The number of carbonyl (C=O) groups is 1. The lowest BCUT2D eigenvalue weighted by Crippen LogP contribution is -2.60. The van der Waals surface area contributed by atoms with Gasteiger partial charge in [0.25, 0.3) is 11.5 Å². The summed E-state index contributed by atoms with van der Waals surface area (Å²) in [6.07, 6.45) is -1.68. The summed E-state index contributed by atoms with van der Waals surface area (Å²) in [5, 5.41) is 27.3. The number of rotatable bonds is 4. The van der Waals surface area contributed by atoms with E-state index in [-0.39, 0.29) is 13.2 Å². The summed E-state index contributed by atoms with van der Waals surface area (Å²) in [4.78, 5) is 37.0. The number of carbonyl (C=O) groups excluding carboxylic acids is 1. The first-order chi connectivity index (χ1) is 13.2. The van der Waals surface area contributed by atoms with Crippen molar-refractivity contribution in [2.45, 2.75) is 37.8 Å². The number of H-pyrrole nitrogens is 1. The molecule has 0 spiro atoms. The maximum atomic E-state index is 13.4. The summed E-state index contributed by atoms with van der Waals surface area (Å²) in [7, 11) is 1.66. The highest BCUT2D eigenvalue weighted by molar-refractivity contribution is 5.95. The number of amides is 1. The Morgan fingerprint density at radius 1 is 1.39 bits per heavy atom. The minimum absolute atomic E-state index is 0.144. The summed E-state index contributed by atoms with van der Waals surface area (Å²) in [5.74, 6) is -1.65. The highest BCUT2D eigenvalue weighted by atomic mass is 19.1. The van der Waals surface area contributed by atoms with E-state index in [4.69, 9.17) is 4.74 Å². The van der Waals surface area contributed by atoms with E-state index in [2.05, 4.69) is 10.4 Å². The standard InChI is InChI=1S/C16H20FN5O6/c1-7-8(3-21(2)20-7)14(25)18-10-6-28-11(13(24)12(10)23)5-22-4-9(17)15(26)19-16(22)27/h3-4,10-13,23-24H,5-6H2,1-2H3,(H,18,25)(H,19,26,27)/t10-,11-,12+,13-/m1/s1. The summed E-state index contributed by atoms with van der Waals surface area (Å²) < 4.78 is 21.1. The number of nitrogens with zero attached hydrogens (tertiary/aromatic N) is 3. The summed E-state index contributed by atoms with van der Waals surface area (Å²) in [5.41, 5.74) is -1.20. The van der Waals surface area contributed by atoms with Crippen LogP contribution < -0.4 is 16.6 Å². The normalized spacial score (nSPS) is 24.9. The van der Waals surface area contributed by atoms with Crippen LogP contribution >= 0.6 is 0 Å². The monoisotopic (exact) mass is 397 g/mol. The molecule has 152 valence electrons. The zero-order chi connectivity index (χ0) is 20.6. The van der Waals surface area contributed by atoms with Crippen LogP contribution in [-0.4, -0.2) is 66.4 Å². The number of halogens is 1. The molecule has 1 aliphatic heterocycles. The molecule has 3 rings (SSSR count). The van der Waals surface area contributed by atoms with Crippen molar-refractivity contribution in [1.29, 1.82) is 0 Å². The zero-order valence-corrected chi connectivity index (χ0v) is 15.1. The van der Waals surface area contributed by atoms with Gasteiger partial charge in [-0.25, -0.2) is 4.79 Å². The van der Waals surface area contributed by atoms with Crippen LogP contribution in [-0.2, 0) is 18.3 Å². The average Bonchev–Trinajstić information content (AvgIpc) is 2.97.